The summed E-state index contributed by atoms with van der Waals surface area (Å²) in [5.74, 6) is 0.576. The summed E-state index contributed by atoms with van der Waals surface area (Å²) in [7, 11) is 0. The molecule has 1 aliphatic heterocycles. The lowest BCUT2D eigenvalue weighted by Crippen LogP contribution is -2.30. The van der Waals surface area contributed by atoms with Crippen LogP contribution in [0.4, 0.5) is 5.69 Å². The van der Waals surface area contributed by atoms with Gasteiger partial charge in [-0.3, -0.25) is 9.69 Å². The van der Waals surface area contributed by atoms with E-state index in [1.165, 1.54) is 0 Å². The minimum absolute atomic E-state index is 0.00244. The lowest BCUT2D eigenvalue weighted by molar-refractivity contribution is -0.121. The van der Waals surface area contributed by atoms with Crippen LogP contribution < -0.4 is 16.2 Å². The van der Waals surface area contributed by atoms with E-state index in [4.69, 9.17) is 16.2 Å². The lowest BCUT2D eigenvalue weighted by Gasteiger charge is -2.15. The van der Waals surface area contributed by atoms with Gasteiger partial charge in [0.15, 0.2) is 0 Å². The number of hydrogen-bond acceptors (Lipinski definition) is 4. The number of anilines is 1. The Hall–Kier alpha value is -1.75. The molecule has 0 aliphatic carbocycles. The fourth-order valence-corrected chi connectivity index (χ4v) is 2.16. The Balaban J connectivity index is 1.72. The number of nitrogen functional groups attached to an aromatic ring is 1. The first kappa shape index (κ1) is 12.7. The number of carbonyl (C=O) groups is 1. The van der Waals surface area contributed by atoms with Gasteiger partial charge in [0.05, 0.1) is 5.92 Å². The monoisotopic (exact) mass is 249 g/mol. The topological polar surface area (TPSA) is 81.6 Å². The normalized spacial score (nSPS) is 19.9. The fraction of sp³-hybridized carbons (Fsp3) is 0.462. The van der Waals surface area contributed by atoms with Gasteiger partial charge in [-0.1, -0.05) is 6.07 Å². The van der Waals surface area contributed by atoms with Gasteiger partial charge in [0, 0.05) is 24.8 Å². The smallest absolute Gasteiger partial charge is 0.221 e. The summed E-state index contributed by atoms with van der Waals surface area (Å²) < 4.78 is 5.61. The highest BCUT2D eigenvalue weighted by Gasteiger charge is 2.25. The van der Waals surface area contributed by atoms with Gasteiger partial charge < -0.3 is 16.2 Å². The Bertz CT molecular complexity index is 422. The van der Waals surface area contributed by atoms with Crippen molar-refractivity contribution in [2.75, 3.05) is 32.0 Å². The molecule has 0 aromatic heterocycles. The molecule has 18 heavy (non-hydrogen) atoms. The van der Waals surface area contributed by atoms with E-state index in [9.17, 15) is 4.79 Å². The quantitative estimate of drug-likeness (QED) is 0.743. The Morgan fingerprint density at radius 2 is 2.33 bits per heavy atom. The van der Waals surface area contributed by atoms with Gasteiger partial charge in [-0.2, -0.15) is 0 Å². The average Bonchev–Trinajstić information content (AvgIpc) is 2.78. The molecule has 1 aliphatic rings. The number of ether oxygens (including phenoxy) is 1. The molecule has 1 amide bonds. The number of benzene rings is 1. The van der Waals surface area contributed by atoms with E-state index in [0.29, 0.717) is 12.3 Å². The highest BCUT2D eigenvalue weighted by atomic mass is 16.5. The second-order valence-electron chi connectivity index (χ2n) is 4.61. The third kappa shape index (κ3) is 3.37. The van der Waals surface area contributed by atoms with E-state index in [0.717, 1.165) is 31.8 Å². The Labute approximate surface area is 107 Å². The number of nitrogens with two attached hydrogens (primary N) is 2. The minimum Gasteiger partial charge on any atom is -0.492 e. The van der Waals surface area contributed by atoms with Crippen molar-refractivity contribution in [1.29, 1.82) is 0 Å². The van der Waals surface area contributed by atoms with Crippen LogP contribution in [0.15, 0.2) is 24.3 Å². The number of primary amides is 1. The van der Waals surface area contributed by atoms with Crippen molar-refractivity contribution in [2.24, 2.45) is 11.7 Å². The summed E-state index contributed by atoms with van der Waals surface area (Å²) in [6, 6.07) is 7.37. The second-order valence-corrected chi connectivity index (χ2v) is 4.61. The van der Waals surface area contributed by atoms with E-state index < -0.39 is 0 Å². The maximum atomic E-state index is 11.0. The fourth-order valence-electron chi connectivity index (χ4n) is 2.16. The van der Waals surface area contributed by atoms with Crippen molar-refractivity contribution in [3.63, 3.8) is 0 Å². The summed E-state index contributed by atoms with van der Waals surface area (Å²) in [5.41, 5.74) is 11.6. The molecule has 0 bridgehead atoms. The number of carbonyl (C=O) groups excluding carboxylic acids is 1. The average molecular weight is 249 g/mol. The van der Waals surface area contributed by atoms with Crippen molar-refractivity contribution < 1.29 is 9.53 Å². The summed E-state index contributed by atoms with van der Waals surface area (Å²) in [5, 5.41) is 0. The zero-order valence-corrected chi connectivity index (χ0v) is 10.3. The molecule has 1 heterocycles. The Morgan fingerprint density at radius 1 is 1.50 bits per heavy atom. The molecular weight excluding hydrogens is 230 g/mol. The first-order valence-electron chi connectivity index (χ1n) is 6.15. The van der Waals surface area contributed by atoms with E-state index in [1.807, 2.05) is 18.2 Å². The van der Waals surface area contributed by atoms with E-state index >= 15 is 0 Å². The van der Waals surface area contributed by atoms with Crippen LogP contribution in [-0.4, -0.2) is 37.0 Å². The first-order chi connectivity index (χ1) is 8.65. The van der Waals surface area contributed by atoms with Gasteiger partial charge in [0.2, 0.25) is 5.91 Å². The first-order valence-corrected chi connectivity index (χ1v) is 6.15. The lowest BCUT2D eigenvalue weighted by atomic mass is 10.1. The van der Waals surface area contributed by atoms with Gasteiger partial charge in [-0.25, -0.2) is 0 Å². The molecule has 0 saturated carbocycles. The zero-order chi connectivity index (χ0) is 13.0. The van der Waals surface area contributed by atoms with Crippen LogP contribution in [0.2, 0.25) is 0 Å². The van der Waals surface area contributed by atoms with Gasteiger partial charge in [0.1, 0.15) is 12.4 Å². The molecule has 1 atom stereocenters. The van der Waals surface area contributed by atoms with Crippen molar-refractivity contribution in [3.05, 3.63) is 24.3 Å². The largest absolute Gasteiger partial charge is 0.492 e. The predicted molar refractivity (Wildman–Crippen MR) is 70.1 cm³/mol. The van der Waals surface area contributed by atoms with Crippen molar-refractivity contribution in [1.82, 2.24) is 4.90 Å². The molecular formula is C13H19N3O2. The summed E-state index contributed by atoms with van der Waals surface area (Å²) in [6.45, 7) is 3.05. The van der Waals surface area contributed by atoms with Crippen LogP contribution in [-0.2, 0) is 4.79 Å². The Kier molecular flexibility index (Phi) is 4.04. The van der Waals surface area contributed by atoms with Gasteiger partial charge in [0.25, 0.3) is 0 Å². The van der Waals surface area contributed by atoms with Gasteiger partial charge in [-0.15, -0.1) is 0 Å². The molecule has 4 N–H and O–H groups in total. The molecule has 98 valence electrons. The highest BCUT2D eigenvalue weighted by Crippen LogP contribution is 2.16. The number of amides is 1. The molecule has 1 saturated heterocycles. The number of likely N-dealkylation sites (tertiary alicyclic amines) is 1. The number of hydrogen-bond donors (Lipinski definition) is 2. The molecule has 5 heteroatoms. The maximum Gasteiger partial charge on any atom is 0.221 e. The molecule has 1 aromatic carbocycles. The van der Waals surface area contributed by atoms with Crippen LogP contribution in [0, 0.1) is 5.92 Å². The number of rotatable bonds is 5. The van der Waals surface area contributed by atoms with Crippen molar-refractivity contribution in [2.45, 2.75) is 6.42 Å². The van der Waals surface area contributed by atoms with E-state index in [1.54, 1.807) is 6.07 Å². The van der Waals surface area contributed by atoms with Crippen molar-refractivity contribution >= 4 is 11.6 Å². The third-order valence-electron chi connectivity index (χ3n) is 3.21. The third-order valence-corrected chi connectivity index (χ3v) is 3.21. The van der Waals surface area contributed by atoms with E-state index in [-0.39, 0.29) is 11.8 Å². The van der Waals surface area contributed by atoms with Crippen LogP contribution in [0.25, 0.3) is 0 Å². The zero-order valence-electron chi connectivity index (χ0n) is 10.3. The molecule has 5 nitrogen and oxygen atoms in total. The van der Waals surface area contributed by atoms with Gasteiger partial charge >= 0.3 is 0 Å². The predicted octanol–water partition coefficient (Wildman–Crippen LogP) is 0.455. The van der Waals surface area contributed by atoms with Crippen LogP contribution in [0.1, 0.15) is 6.42 Å². The standard InChI is InChI=1S/C13H19N3O2/c14-11-2-1-3-12(8-11)18-7-6-16-5-4-10(9-16)13(15)17/h1-3,8,10H,4-7,9,14H2,(H2,15,17). The van der Waals surface area contributed by atoms with Crippen molar-refractivity contribution in [3.8, 4) is 5.75 Å². The van der Waals surface area contributed by atoms with E-state index in [2.05, 4.69) is 4.90 Å². The second kappa shape index (κ2) is 5.73. The summed E-state index contributed by atoms with van der Waals surface area (Å²) in [4.78, 5) is 13.2. The van der Waals surface area contributed by atoms with Crippen LogP contribution in [0.3, 0.4) is 0 Å². The molecule has 0 spiro atoms. The highest BCUT2D eigenvalue weighted by molar-refractivity contribution is 5.77. The molecule has 1 fully saturated rings. The minimum atomic E-state index is -0.200. The Morgan fingerprint density at radius 3 is 3.00 bits per heavy atom. The molecule has 0 radical (unpaired) electrons. The molecule has 2 rings (SSSR count). The van der Waals surface area contributed by atoms with Crippen LogP contribution >= 0.6 is 0 Å². The summed E-state index contributed by atoms with van der Waals surface area (Å²) in [6.07, 6.45) is 0.855. The number of nitrogens with zero attached hydrogens (tertiary/aromatic N) is 1. The molecule has 1 aromatic rings. The SMILES string of the molecule is NC(=O)C1CCN(CCOc2cccc(N)c2)C1. The van der Waals surface area contributed by atoms with Crippen LogP contribution in [0.5, 0.6) is 5.75 Å². The maximum absolute atomic E-state index is 11.0. The molecule has 1 unspecified atom stereocenters. The summed E-state index contributed by atoms with van der Waals surface area (Å²) >= 11 is 0. The van der Waals surface area contributed by atoms with Gasteiger partial charge in [-0.05, 0) is 25.1 Å².